The van der Waals surface area contributed by atoms with Crippen molar-refractivity contribution in [2.45, 2.75) is 19.4 Å². The average molecular weight is 299 g/mol. The highest BCUT2D eigenvalue weighted by Crippen LogP contribution is 2.34. The molecule has 1 aromatic carbocycles. The fourth-order valence-electron chi connectivity index (χ4n) is 3.88. The van der Waals surface area contributed by atoms with Crippen molar-refractivity contribution in [3.63, 3.8) is 0 Å². The molecule has 0 spiro atoms. The molecule has 1 aromatic heterocycles. The first-order chi connectivity index (χ1) is 10.7. The van der Waals surface area contributed by atoms with E-state index in [1.165, 1.54) is 25.9 Å². The van der Waals surface area contributed by atoms with Crippen LogP contribution in [0.1, 0.15) is 12.8 Å². The van der Waals surface area contributed by atoms with Crippen molar-refractivity contribution in [2.24, 2.45) is 11.8 Å². The van der Waals surface area contributed by atoms with Crippen LogP contribution in [0.15, 0.2) is 30.5 Å². The van der Waals surface area contributed by atoms with Gasteiger partial charge in [-0.05, 0) is 55.5 Å². The van der Waals surface area contributed by atoms with Gasteiger partial charge in [-0.15, -0.1) is 5.10 Å². The highest BCUT2D eigenvalue weighted by molar-refractivity contribution is 5.68. The SMILES string of the molecule is Oc1ccc(-c2cn(CC3CN4CCC3CC4)nc2O)cc1. The predicted octanol–water partition coefficient (Wildman–Crippen LogP) is 2.30. The van der Waals surface area contributed by atoms with Gasteiger partial charge in [-0.1, -0.05) is 12.1 Å². The number of phenolic OH excluding ortho intramolecular Hbond substituents is 1. The van der Waals surface area contributed by atoms with Crippen molar-refractivity contribution in [3.05, 3.63) is 30.5 Å². The van der Waals surface area contributed by atoms with Crippen LogP contribution in [0.25, 0.3) is 11.1 Å². The molecule has 2 aromatic rings. The van der Waals surface area contributed by atoms with E-state index in [0.717, 1.165) is 30.1 Å². The lowest BCUT2D eigenvalue weighted by atomic mass is 9.79. The number of nitrogens with zero attached hydrogens (tertiary/aromatic N) is 3. The molecular formula is C17H21N3O2. The Labute approximate surface area is 129 Å². The Hall–Kier alpha value is -2.01. The number of aromatic nitrogens is 2. The molecule has 3 aliphatic rings. The zero-order valence-corrected chi connectivity index (χ0v) is 12.5. The zero-order valence-electron chi connectivity index (χ0n) is 12.5. The molecular weight excluding hydrogens is 278 g/mol. The van der Waals surface area contributed by atoms with Crippen molar-refractivity contribution in [1.82, 2.24) is 14.7 Å². The van der Waals surface area contributed by atoms with E-state index in [1.807, 2.05) is 10.9 Å². The fourth-order valence-corrected chi connectivity index (χ4v) is 3.88. The number of benzene rings is 1. The van der Waals surface area contributed by atoms with Crippen LogP contribution in [0.4, 0.5) is 0 Å². The number of aromatic hydroxyl groups is 2. The van der Waals surface area contributed by atoms with E-state index in [0.29, 0.717) is 5.92 Å². The first-order valence-electron chi connectivity index (χ1n) is 7.97. The van der Waals surface area contributed by atoms with Crippen LogP contribution in [-0.2, 0) is 6.54 Å². The predicted molar refractivity (Wildman–Crippen MR) is 83.6 cm³/mol. The third-order valence-electron chi connectivity index (χ3n) is 5.13. The minimum Gasteiger partial charge on any atom is -0.508 e. The van der Waals surface area contributed by atoms with Crippen molar-refractivity contribution in [3.8, 4) is 22.8 Å². The van der Waals surface area contributed by atoms with E-state index in [4.69, 9.17) is 0 Å². The van der Waals surface area contributed by atoms with E-state index < -0.39 is 0 Å². The first kappa shape index (κ1) is 13.6. The van der Waals surface area contributed by atoms with Gasteiger partial charge in [0.1, 0.15) is 5.75 Å². The lowest BCUT2D eigenvalue weighted by molar-refractivity contribution is 0.0404. The van der Waals surface area contributed by atoms with Crippen LogP contribution in [0.3, 0.4) is 0 Å². The smallest absolute Gasteiger partial charge is 0.238 e. The zero-order chi connectivity index (χ0) is 15.1. The molecule has 3 saturated heterocycles. The average Bonchev–Trinajstić information content (AvgIpc) is 2.90. The number of phenols is 1. The van der Waals surface area contributed by atoms with Gasteiger partial charge in [-0.25, -0.2) is 0 Å². The summed E-state index contributed by atoms with van der Waals surface area (Å²) in [4.78, 5) is 2.54. The van der Waals surface area contributed by atoms with Gasteiger partial charge in [0.2, 0.25) is 5.88 Å². The number of rotatable bonds is 3. The first-order valence-corrected chi connectivity index (χ1v) is 7.97. The normalized spacial score (nSPS) is 27.2. The third kappa shape index (κ3) is 2.46. The van der Waals surface area contributed by atoms with Crippen molar-refractivity contribution < 1.29 is 10.2 Å². The highest BCUT2D eigenvalue weighted by Gasteiger charge is 2.34. The summed E-state index contributed by atoms with van der Waals surface area (Å²) in [6, 6.07) is 6.84. The molecule has 2 N–H and O–H groups in total. The topological polar surface area (TPSA) is 61.5 Å². The van der Waals surface area contributed by atoms with Gasteiger partial charge in [-0.2, -0.15) is 0 Å². The van der Waals surface area contributed by atoms with Crippen molar-refractivity contribution in [1.29, 1.82) is 0 Å². The van der Waals surface area contributed by atoms with Gasteiger partial charge >= 0.3 is 0 Å². The molecule has 5 rings (SSSR count). The fraction of sp³-hybridized carbons (Fsp3) is 0.471. The maximum Gasteiger partial charge on any atom is 0.238 e. The summed E-state index contributed by atoms with van der Waals surface area (Å²) in [5.41, 5.74) is 1.59. The molecule has 22 heavy (non-hydrogen) atoms. The summed E-state index contributed by atoms with van der Waals surface area (Å²) in [6.45, 7) is 4.50. The molecule has 1 atom stereocenters. The van der Waals surface area contributed by atoms with Crippen LogP contribution in [0.5, 0.6) is 11.6 Å². The molecule has 0 radical (unpaired) electrons. The quantitative estimate of drug-likeness (QED) is 0.913. The summed E-state index contributed by atoms with van der Waals surface area (Å²) in [5, 5.41) is 23.8. The van der Waals surface area contributed by atoms with Crippen LogP contribution in [-0.4, -0.2) is 44.5 Å². The van der Waals surface area contributed by atoms with Gasteiger partial charge < -0.3 is 15.1 Å². The molecule has 3 fully saturated rings. The second-order valence-corrected chi connectivity index (χ2v) is 6.53. The van der Waals surface area contributed by atoms with Gasteiger partial charge in [0.25, 0.3) is 0 Å². The Kier molecular flexibility index (Phi) is 3.30. The molecule has 0 aliphatic carbocycles. The van der Waals surface area contributed by atoms with Crippen LogP contribution in [0, 0.1) is 11.8 Å². The van der Waals surface area contributed by atoms with E-state index >= 15 is 0 Å². The second kappa shape index (κ2) is 5.32. The number of piperidine rings is 3. The van der Waals surface area contributed by atoms with Gasteiger partial charge in [0, 0.05) is 19.3 Å². The van der Waals surface area contributed by atoms with E-state index in [1.54, 1.807) is 24.3 Å². The molecule has 1 unspecified atom stereocenters. The molecule has 0 amide bonds. The van der Waals surface area contributed by atoms with Gasteiger partial charge in [0.05, 0.1) is 5.56 Å². The molecule has 4 heterocycles. The molecule has 5 heteroatoms. The van der Waals surface area contributed by atoms with E-state index in [-0.39, 0.29) is 11.6 Å². The summed E-state index contributed by atoms with van der Waals surface area (Å²) in [6.07, 6.45) is 4.50. The molecule has 116 valence electrons. The standard InChI is InChI=1S/C17H21N3O2/c21-15-3-1-13(2-4-15)16-11-20(18-17(16)22)10-14-9-19-7-5-12(14)6-8-19/h1-4,11-12,14,21H,5-10H2,(H,18,22). The largest absolute Gasteiger partial charge is 0.508 e. The minimum absolute atomic E-state index is 0.0620. The Morgan fingerprint density at radius 3 is 2.45 bits per heavy atom. The molecule has 0 saturated carbocycles. The lowest BCUT2D eigenvalue weighted by Crippen LogP contribution is -2.48. The molecule has 5 nitrogen and oxygen atoms in total. The van der Waals surface area contributed by atoms with Gasteiger partial charge in [0.15, 0.2) is 0 Å². The van der Waals surface area contributed by atoms with E-state index in [9.17, 15) is 10.2 Å². The maximum absolute atomic E-state index is 10.1. The summed E-state index contributed by atoms with van der Waals surface area (Å²) < 4.78 is 1.88. The molecule has 3 aliphatic heterocycles. The Bertz CT molecular complexity index is 657. The second-order valence-electron chi connectivity index (χ2n) is 6.53. The summed E-state index contributed by atoms with van der Waals surface area (Å²) >= 11 is 0. The van der Waals surface area contributed by atoms with E-state index in [2.05, 4.69) is 10.00 Å². The summed E-state index contributed by atoms with van der Waals surface area (Å²) in [7, 11) is 0. The Morgan fingerprint density at radius 2 is 1.82 bits per heavy atom. The number of fused-ring (bicyclic) bond motifs is 3. The highest BCUT2D eigenvalue weighted by atomic mass is 16.3. The van der Waals surface area contributed by atoms with Crippen molar-refractivity contribution in [2.75, 3.05) is 19.6 Å². The monoisotopic (exact) mass is 299 g/mol. The van der Waals surface area contributed by atoms with Crippen LogP contribution < -0.4 is 0 Å². The number of hydrogen-bond acceptors (Lipinski definition) is 4. The van der Waals surface area contributed by atoms with Crippen LogP contribution >= 0.6 is 0 Å². The van der Waals surface area contributed by atoms with Gasteiger partial charge in [-0.3, -0.25) is 4.68 Å². The maximum atomic E-state index is 10.1. The summed E-state index contributed by atoms with van der Waals surface area (Å²) in [5.74, 6) is 1.72. The third-order valence-corrected chi connectivity index (χ3v) is 5.13. The number of hydrogen-bond donors (Lipinski definition) is 2. The van der Waals surface area contributed by atoms with Crippen molar-refractivity contribution >= 4 is 0 Å². The molecule has 2 bridgehead atoms. The Morgan fingerprint density at radius 1 is 1.09 bits per heavy atom. The lowest BCUT2D eigenvalue weighted by Gasteiger charge is -2.44. The van der Waals surface area contributed by atoms with Crippen LogP contribution in [0.2, 0.25) is 0 Å². The Balaban J connectivity index is 1.54. The minimum atomic E-state index is 0.0620.